The molecule has 4 heteroatoms. The summed E-state index contributed by atoms with van der Waals surface area (Å²) in [5, 5.41) is 0. The van der Waals surface area contributed by atoms with E-state index < -0.39 is 0 Å². The van der Waals surface area contributed by atoms with Crippen LogP contribution < -0.4 is 5.73 Å². The molecule has 0 spiro atoms. The fraction of sp³-hybridized carbons (Fsp3) is 0.188. The van der Waals surface area contributed by atoms with E-state index in [1.807, 2.05) is 41.9 Å². The van der Waals surface area contributed by atoms with E-state index in [9.17, 15) is 4.39 Å². The van der Waals surface area contributed by atoms with Crippen molar-refractivity contribution in [2.75, 3.05) is 0 Å². The van der Waals surface area contributed by atoms with Crippen molar-refractivity contribution >= 4 is 11.0 Å². The van der Waals surface area contributed by atoms with Crippen molar-refractivity contribution in [3.63, 3.8) is 0 Å². The van der Waals surface area contributed by atoms with Gasteiger partial charge in [-0.1, -0.05) is 24.3 Å². The standard InChI is InChI=1S/C16H16FN3/c1-20-15-5-3-2-4-14(15)19-16(20)9-12-7-6-11(10-18)8-13(12)17/h2-8H,9-10,18H2,1H3. The zero-order valence-electron chi connectivity index (χ0n) is 11.3. The molecule has 0 amide bonds. The number of nitrogens with two attached hydrogens (primary N) is 1. The van der Waals surface area contributed by atoms with E-state index in [1.54, 1.807) is 6.07 Å². The van der Waals surface area contributed by atoms with Gasteiger partial charge in [-0.15, -0.1) is 0 Å². The summed E-state index contributed by atoms with van der Waals surface area (Å²) in [4.78, 5) is 4.56. The first kappa shape index (κ1) is 12.8. The van der Waals surface area contributed by atoms with Crippen molar-refractivity contribution in [1.82, 2.24) is 9.55 Å². The van der Waals surface area contributed by atoms with Gasteiger partial charge in [-0.3, -0.25) is 0 Å². The SMILES string of the molecule is Cn1c(Cc2ccc(CN)cc2F)nc2ccccc21. The molecule has 0 saturated carbocycles. The number of para-hydroxylation sites is 2. The molecule has 0 unspecified atom stereocenters. The third kappa shape index (κ3) is 2.18. The molecule has 0 radical (unpaired) electrons. The van der Waals surface area contributed by atoms with Gasteiger partial charge in [0.1, 0.15) is 11.6 Å². The highest BCUT2D eigenvalue weighted by molar-refractivity contribution is 5.75. The van der Waals surface area contributed by atoms with E-state index in [4.69, 9.17) is 5.73 Å². The molecule has 0 aliphatic heterocycles. The number of aryl methyl sites for hydroxylation is 1. The zero-order valence-corrected chi connectivity index (χ0v) is 11.3. The van der Waals surface area contributed by atoms with Gasteiger partial charge in [0.15, 0.2) is 0 Å². The van der Waals surface area contributed by atoms with Crippen LogP contribution in [0.2, 0.25) is 0 Å². The smallest absolute Gasteiger partial charge is 0.127 e. The molecular formula is C16H16FN3. The molecule has 0 aliphatic rings. The van der Waals surface area contributed by atoms with Crippen molar-refractivity contribution in [2.24, 2.45) is 12.8 Å². The normalized spacial score (nSPS) is 11.2. The Kier molecular flexibility index (Phi) is 3.24. The molecule has 0 atom stereocenters. The van der Waals surface area contributed by atoms with Gasteiger partial charge >= 0.3 is 0 Å². The third-order valence-electron chi connectivity index (χ3n) is 3.58. The molecular weight excluding hydrogens is 253 g/mol. The Morgan fingerprint density at radius 3 is 2.70 bits per heavy atom. The second kappa shape index (κ2) is 5.06. The van der Waals surface area contributed by atoms with E-state index in [0.717, 1.165) is 22.4 Å². The minimum Gasteiger partial charge on any atom is -0.331 e. The largest absolute Gasteiger partial charge is 0.331 e. The number of hydrogen-bond donors (Lipinski definition) is 1. The van der Waals surface area contributed by atoms with E-state index >= 15 is 0 Å². The number of aromatic nitrogens is 2. The zero-order chi connectivity index (χ0) is 14.1. The molecule has 1 aromatic heterocycles. The summed E-state index contributed by atoms with van der Waals surface area (Å²) in [6.45, 7) is 0.351. The van der Waals surface area contributed by atoms with Gasteiger partial charge in [-0.25, -0.2) is 9.37 Å². The minimum atomic E-state index is -0.222. The van der Waals surface area contributed by atoms with Gasteiger partial charge in [-0.2, -0.15) is 0 Å². The lowest BCUT2D eigenvalue weighted by Crippen LogP contribution is -2.03. The predicted octanol–water partition coefficient (Wildman–Crippen LogP) is 2.76. The number of halogens is 1. The number of rotatable bonds is 3. The number of benzene rings is 2. The molecule has 0 saturated heterocycles. The Balaban J connectivity index is 1.99. The average Bonchev–Trinajstić information content (AvgIpc) is 2.78. The Bertz CT molecular complexity index is 762. The molecule has 1 heterocycles. The van der Waals surface area contributed by atoms with Crippen LogP contribution in [0.4, 0.5) is 4.39 Å². The first-order valence-corrected chi connectivity index (χ1v) is 6.56. The number of imidazole rings is 1. The van der Waals surface area contributed by atoms with Crippen LogP contribution in [0, 0.1) is 5.82 Å². The fourth-order valence-corrected chi connectivity index (χ4v) is 2.39. The molecule has 3 aromatic rings. The molecule has 102 valence electrons. The highest BCUT2D eigenvalue weighted by Crippen LogP contribution is 2.19. The molecule has 2 N–H and O–H groups in total. The molecule has 2 aromatic carbocycles. The van der Waals surface area contributed by atoms with Crippen LogP contribution in [-0.2, 0) is 20.0 Å². The molecule has 0 aliphatic carbocycles. The molecule has 3 rings (SSSR count). The first-order chi connectivity index (χ1) is 9.69. The van der Waals surface area contributed by atoms with Gasteiger partial charge in [0.2, 0.25) is 0 Å². The lowest BCUT2D eigenvalue weighted by Gasteiger charge is -2.06. The van der Waals surface area contributed by atoms with Crippen LogP contribution in [0.1, 0.15) is 17.0 Å². The topological polar surface area (TPSA) is 43.8 Å². The summed E-state index contributed by atoms with van der Waals surface area (Å²) in [6.07, 6.45) is 0.474. The minimum absolute atomic E-state index is 0.222. The summed E-state index contributed by atoms with van der Waals surface area (Å²) in [5.41, 5.74) is 8.95. The quantitative estimate of drug-likeness (QED) is 0.794. The average molecular weight is 269 g/mol. The lowest BCUT2D eigenvalue weighted by atomic mass is 10.1. The Labute approximate surface area is 116 Å². The van der Waals surface area contributed by atoms with Crippen molar-refractivity contribution in [1.29, 1.82) is 0 Å². The summed E-state index contributed by atoms with van der Waals surface area (Å²) in [6, 6.07) is 13.1. The Morgan fingerprint density at radius 2 is 2.00 bits per heavy atom. The van der Waals surface area contributed by atoms with Gasteiger partial charge in [0.05, 0.1) is 11.0 Å². The summed E-state index contributed by atoms with van der Waals surface area (Å²) in [5.74, 6) is 0.630. The highest BCUT2D eigenvalue weighted by atomic mass is 19.1. The van der Waals surface area contributed by atoms with Crippen molar-refractivity contribution in [2.45, 2.75) is 13.0 Å². The van der Waals surface area contributed by atoms with Gasteiger partial charge < -0.3 is 10.3 Å². The third-order valence-corrected chi connectivity index (χ3v) is 3.58. The van der Waals surface area contributed by atoms with Gasteiger partial charge in [0, 0.05) is 20.0 Å². The lowest BCUT2D eigenvalue weighted by molar-refractivity contribution is 0.608. The number of fused-ring (bicyclic) bond motifs is 1. The number of nitrogens with zero attached hydrogens (tertiary/aromatic N) is 2. The molecule has 20 heavy (non-hydrogen) atoms. The van der Waals surface area contributed by atoms with Gasteiger partial charge in [0.25, 0.3) is 0 Å². The molecule has 0 fully saturated rings. The maximum absolute atomic E-state index is 14.0. The first-order valence-electron chi connectivity index (χ1n) is 6.56. The van der Waals surface area contributed by atoms with Crippen LogP contribution in [0.5, 0.6) is 0 Å². The molecule has 3 nitrogen and oxygen atoms in total. The monoisotopic (exact) mass is 269 g/mol. The van der Waals surface area contributed by atoms with E-state index in [0.29, 0.717) is 18.5 Å². The summed E-state index contributed by atoms with van der Waals surface area (Å²) in [7, 11) is 1.96. The van der Waals surface area contributed by atoms with Crippen LogP contribution in [0.3, 0.4) is 0 Å². The van der Waals surface area contributed by atoms with Crippen molar-refractivity contribution in [3.8, 4) is 0 Å². The van der Waals surface area contributed by atoms with Gasteiger partial charge in [-0.05, 0) is 29.3 Å². The van der Waals surface area contributed by atoms with Crippen molar-refractivity contribution < 1.29 is 4.39 Å². The Morgan fingerprint density at radius 1 is 1.20 bits per heavy atom. The van der Waals surface area contributed by atoms with Crippen LogP contribution >= 0.6 is 0 Å². The molecule has 0 bridgehead atoms. The van der Waals surface area contributed by atoms with Crippen LogP contribution in [0.25, 0.3) is 11.0 Å². The maximum Gasteiger partial charge on any atom is 0.127 e. The number of hydrogen-bond acceptors (Lipinski definition) is 2. The highest BCUT2D eigenvalue weighted by Gasteiger charge is 2.10. The van der Waals surface area contributed by atoms with E-state index in [1.165, 1.54) is 6.07 Å². The van der Waals surface area contributed by atoms with E-state index in [2.05, 4.69) is 4.98 Å². The fourth-order valence-electron chi connectivity index (χ4n) is 2.39. The summed E-state index contributed by atoms with van der Waals surface area (Å²) >= 11 is 0. The van der Waals surface area contributed by atoms with Crippen LogP contribution in [-0.4, -0.2) is 9.55 Å². The maximum atomic E-state index is 14.0. The van der Waals surface area contributed by atoms with E-state index in [-0.39, 0.29) is 5.82 Å². The predicted molar refractivity (Wildman–Crippen MR) is 77.8 cm³/mol. The second-order valence-corrected chi connectivity index (χ2v) is 4.88. The van der Waals surface area contributed by atoms with Crippen molar-refractivity contribution in [3.05, 3.63) is 65.2 Å². The Hall–Kier alpha value is -2.20. The summed E-state index contributed by atoms with van der Waals surface area (Å²) < 4.78 is 16.0. The van der Waals surface area contributed by atoms with Crippen LogP contribution in [0.15, 0.2) is 42.5 Å². The second-order valence-electron chi connectivity index (χ2n) is 4.88.